The molecule has 0 unspecified atom stereocenters. The van der Waals surface area contributed by atoms with E-state index in [9.17, 15) is 4.79 Å². The van der Waals surface area contributed by atoms with Crippen LogP contribution in [0.1, 0.15) is 34.6 Å². The lowest BCUT2D eigenvalue weighted by Gasteiger charge is -2.35. The second-order valence-corrected chi connectivity index (χ2v) is 6.25. The summed E-state index contributed by atoms with van der Waals surface area (Å²) in [5, 5.41) is 0. The molecule has 0 aromatic rings. The molecular formula is C15H28O6. The summed E-state index contributed by atoms with van der Waals surface area (Å²) < 4.78 is 27.5. The SMILES string of the molecule is COCCOCO[C@H]([C@@H]1COC(C)(C)O1)C(C)(C)C(C)=O. The van der Waals surface area contributed by atoms with Gasteiger partial charge in [0.2, 0.25) is 0 Å². The molecular weight excluding hydrogens is 276 g/mol. The molecule has 21 heavy (non-hydrogen) atoms. The van der Waals surface area contributed by atoms with Gasteiger partial charge in [-0.2, -0.15) is 0 Å². The second-order valence-electron chi connectivity index (χ2n) is 6.25. The summed E-state index contributed by atoms with van der Waals surface area (Å²) in [7, 11) is 1.61. The molecule has 1 rings (SSSR count). The van der Waals surface area contributed by atoms with Crippen LogP contribution in [0, 0.1) is 5.41 Å². The Morgan fingerprint density at radius 2 is 2.05 bits per heavy atom. The summed E-state index contributed by atoms with van der Waals surface area (Å²) in [4.78, 5) is 11.9. The largest absolute Gasteiger partial charge is 0.382 e. The third-order valence-corrected chi connectivity index (χ3v) is 3.75. The fraction of sp³-hybridized carbons (Fsp3) is 0.933. The van der Waals surface area contributed by atoms with Crippen LogP contribution in [0.25, 0.3) is 0 Å². The topological polar surface area (TPSA) is 63.2 Å². The van der Waals surface area contributed by atoms with E-state index in [0.717, 1.165) is 0 Å². The van der Waals surface area contributed by atoms with Crippen LogP contribution in [-0.2, 0) is 28.5 Å². The summed E-state index contributed by atoms with van der Waals surface area (Å²) in [5.74, 6) is -0.617. The van der Waals surface area contributed by atoms with E-state index in [1.54, 1.807) is 14.0 Å². The van der Waals surface area contributed by atoms with Gasteiger partial charge in [-0.3, -0.25) is 4.79 Å². The van der Waals surface area contributed by atoms with Gasteiger partial charge in [-0.15, -0.1) is 0 Å². The smallest absolute Gasteiger partial charge is 0.163 e. The Labute approximate surface area is 127 Å². The fourth-order valence-electron chi connectivity index (χ4n) is 2.17. The first-order valence-electron chi connectivity index (χ1n) is 7.22. The molecule has 6 heteroatoms. The van der Waals surface area contributed by atoms with Gasteiger partial charge in [0.25, 0.3) is 0 Å². The lowest BCUT2D eigenvalue weighted by atomic mass is 9.80. The molecule has 0 aliphatic carbocycles. The van der Waals surface area contributed by atoms with Gasteiger partial charge in [-0.25, -0.2) is 0 Å². The fourth-order valence-corrected chi connectivity index (χ4v) is 2.17. The zero-order valence-corrected chi connectivity index (χ0v) is 13.9. The number of ether oxygens (including phenoxy) is 5. The first-order chi connectivity index (χ1) is 9.70. The van der Waals surface area contributed by atoms with E-state index in [4.69, 9.17) is 23.7 Å². The molecule has 1 aliphatic heterocycles. The number of hydrogen-bond acceptors (Lipinski definition) is 6. The molecule has 0 amide bonds. The molecule has 0 spiro atoms. The average Bonchev–Trinajstić information content (AvgIpc) is 2.73. The quantitative estimate of drug-likeness (QED) is 0.478. The third-order valence-electron chi connectivity index (χ3n) is 3.75. The number of ketones is 1. The molecule has 2 atom stereocenters. The van der Waals surface area contributed by atoms with Gasteiger partial charge < -0.3 is 23.7 Å². The third kappa shape index (κ3) is 5.30. The van der Waals surface area contributed by atoms with Crippen LogP contribution in [0.15, 0.2) is 0 Å². The van der Waals surface area contributed by atoms with E-state index in [-0.39, 0.29) is 18.7 Å². The molecule has 0 bridgehead atoms. The van der Waals surface area contributed by atoms with Gasteiger partial charge in [0.15, 0.2) is 5.79 Å². The van der Waals surface area contributed by atoms with Gasteiger partial charge >= 0.3 is 0 Å². The van der Waals surface area contributed by atoms with Gasteiger partial charge in [-0.1, -0.05) is 13.8 Å². The van der Waals surface area contributed by atoms with Gasteiger partial charge in [0, 0.05) is 7.11 Å². The van der Waals surface area contributed by atoms with Crippen LogP contribution in [0.5, 0.6) is 0 Å². The van der Waals surface area contributed by atoms with Crippen molar-refractivity contribution in [2.24, 2.45) is 5.41 Å². The minimum atomic E-state index is -0.681. The molecule has 0 aromatic heterocycles. The Hall–Kier alpha value is -0.530. The van der Waals surface area contributed by atoms with Crippen molar-refractivity contribution < 1.29 is 28.5 Å². The Morgan fingerprint density at radius 1 is 1.38 bits per heavy atom. The van der Waals surface area contributed by atoms with Crippen molar-refractivity contribution in [3.63, 3.8) is 0 Å². The molecule has 1 fully saturated rings. The highest BCUT2D eigenvalue weighted by molar-refractivity contribution is 5.82. The minimum absolute atomic E-state index is 0.0395. The maximum absolute atomic E-state index is 11.9. The van der Waals surface area contributed by atoms with Crippen molar-refractivity contribution in [3.05, 3.63) is 0 Å². The first kappa shape index (κ1) is 18.5. The van der Waals surface area contributed by atoms with Crippen molar-refractivity contribution in [2.45, 2.75) is 52.6 Å². The molecule has 0 aromatic carbocycles. The predicted molar refractivity (Wildman–Crippen MR) is 76.9 cm³/mol. The van der Waals surface area contributed by atoms with Crippen LogP contribution in [0.2, 0.25) is 0 Å². The van der Waals surface area contributed by atoms with E-state index in [2.05, 4.69) is 0 Å². The number of rotatable bonds is 9. The van der Waals surface area contributed by atoms with E-state index >= 15 is 0 Å². The molecule has 1 saturated heterocycles. The zero-order valence-electron chi connectivity index (χ0n) is 13.9. The normalized spacial score (nSPS) is 23.2. The molecule has 0 saturated carbocycles. The van der Waals surface area contributed by atoms with E-state index in [0.29, 0.717) is 19.8 Å². The second kappa shape index (κ2) is 7.65. The summed E-state index contributed by atoms with van der Waals surface area (Å²) in [5.41, 5.74) is -0.681. The molecule has 0 radical (unpaired) electrons. The van der Waals surface area contributed by atoms with Crippen molar-refractivity contribution in [3.8, 4) is 0 Å². The van der Waals surface area contributed by atoms with E-state index < -0.39 is 17.3 Å². The maximum Gasteiger partial charge on any atom is 0.163 e. The summed E-state index contributed by atoms with van der Waals surface area (Å²) in [6.45, 7) is 10.4. The van der Waals surface area contributed by atoms with Crippen LogP contribution in [0.4, 0.5) is 0 Å². The summed E-state index contributed by atoms with van der Waals surface area (Å²) in [6, 6.07) is 0. The van der Waals surface area contributed by atoms with E-state index in [1.807, 2.05) is 27.7 Å². The number of Topliss-reactive ketones (excluding diaryl/α,β-unsaturated/α-hetero) is 1. The first-order valence-corrected chi connectivity index (χ1v) is 7.22. The number of carbonyl (C=O) groups excluding carboxylic acids is 1. The van der Waals surface area contributed by atoms with Gasteiger partial charge in [0.05, 0.1) is 25.2 Å². The lowest BCUT2D eigenvalue weighted by Crippen LogP contribution is -2.47. The lowest BCUT2D eigenvalue weighted by molar-refractivity contribution is -0.195. The standard InChI is InChI=1S/C15H28O6/c1-11(16)14(2,3)13(19-10-18-8-7-17-6)12-9-20-15(4,5)21-12/h12-13H,7-10H2,1-6H3/t12-,13+/m0/s1. The highest BCUT2D eigenvalue weighted by Crippen LogP contribution is 2.34. The van der Waals surface area contributed by atoms with Crippen molar-refractivity contribution in [1.29, 1.82) is 0 Å². The van der Waals surface area contributed by atoms with Crippen LogP contribution in [0.3, 0.4) is 0 Å². The maximum atomic E-state index is 11.9. The molecule has 0 N–H and O–H groups in total. The van der Waals surface area contributed by atoms with Crippen molar-refractivity contribution in [2.75, 3.05) is 33.7 Å². The number of carbonyl (C=O) groups is 1. The summed E-state index contributed by atoms with van der Waals surface area (Å²) in [6.07, 6.45) is -0.732. The average molecular weight is 304 g/mol. The Kier molecular flexibility index (Phi) is 6.74. The molecule has 1 heterocycles. The van der Waals surface area contributed by atoms with Gasteiger partial charge in [0.1, 0.15) is 24.8 Å². The number of methoxy groups -OCH3 is 1. The van der Waals surface area contributed by atoms with Crippen molar-refractivity contribution >= 4 is 5.78 Å². The molecule has 1 aliphatic rings. The monoisotopic (exact) mass is 304 g/mol. The molecule has 6 nitrogen and oxygen atoms in total. The Bertz CT molecular complexity index is 339. The van der Waals surface area contributed by atoms with Crippen LogP contribution >= 0.6 is 0 Å². The predicted octanol–water partition coefficient (Wildman–Crippen LogP) is 1.76. The Balaban J connectivity index is 2.65. The Morgan fingerprint density at radius 3 is 2.52 bits per heavy atom. The van der Waals surface area contributed by atoms with Crippen LogP contribution < -0.4 is 0 Å². The van der Waals surface area contributed by atoms with Gasteiger partial charge in [-0.05, 0) is 20.8 Å². The number of hydrogen-bond donors (Lipinski definition) is 0. The molecule has 124 valence electrons. The highest BCUT2D eigenvalue weighted by Gasteiger charge is 2.46. The summed E-state index contributed by atoms with van der Waals surface area (Å²) >= 11 is 0. The highest BCUT2D eigenvalue weighted by atomic mass is 16.8. The van der Waals surface area contributed by atoms with E-state index in [1.165, 1.54) is 0 Å². The zero-order chi connectivity index (χ0) is 16.1. The van der Waals surface area contributed by atoms with Crippen molar-refractivity contribution in [1.82, 2.24) is 0 Å². The van der Waals surface area contributed by atoms with Crippen LogP contribution in [-0.4, -0.2) is 57.5 Å². The minimum Gasteiger partial charge on any atom is -0.382 e.